The lowest BCUT2D eigenvalue weighted by molar-refractivity contribution is 0.121. The van der Waals surface area contributed by atoms with Crippen molar-refractivity contribution in [2.24, 2.45) is 11.1 Å². The molecule has 1 aromatic heterocycles. The van der Waals surface area contributed by atoms with Crippen molar-refractivity contribution in [1.82, 2.24) is 9.47 Å². The van der Waals surface area contributed by atoms with E-state index in [1.54, 1.807) is 5.57 Å². The average Bonchev–Trinajstić information content (AvgIpc) is 3.32. The van der Waals surface area contributed by atoms with E-state index in [0.717, 1.165) is 41.4 Å². The van der Waals surface area contributed by atoms with E-state index in [1.165, 1.54) is 36.8 Å². The third-order valence-electron chi connectivity index (χ3n) is 7.50. The summed E-state index contributed by atoms with van der Waals surface area (Å²) in [7, 11) is 0. The van der Waals surface area contributed by atoms with E-state index in [2.05, 4.69) is 53.5 Å². The predicted molar refractivity (Wildman–Crippen MR) is 126 cm³/mol. The van der Waals surface area contributed by atoms with Gasteiger partial charge in [0, 0.05) is 22.7 Å². The zero-order chi connectivity index (χ0) is 21.0. The molecule has 3 aromatic rings. The quantitative estimate of drug-likeness (QED) is 0.597. The third kappa shape index (κ3) is 3.01. The number of aliphatic hydroxyl groups excluding tert-OH is 1. The van der Waals surface area contributed by atoms with E-state index in [0.29, 0.717) is 0 Å². The number of allylic oxidation sites excluding steroid dienone is 6. The molecule has 4 nitrogen and oxygen atoms in total. The first-order chi connectivity index (χ1) is 15.1. The molecular weight excluding hydrogens is 382 g/mol. The van der Waals surface area contributed by atoms with Crippen molar-refractivity contribution in [3.63, 3.8) is 0 Å². The Morgan fingerprint density at radius 1 is 0.968 bits per heavy atom. The molecule has 158 valence electrons. The summed E-state index contributed by atoms with van der Waals surface area (Å²) < 4.78 is 1.81. The normalized spacial score (nSPS) is 21.5. The molecule has 4 heteroatoms. The van der Waals surface area contributed by atoms with Gasteiger partial charge in [-0.15, -0.1) is 0 Å². The highest BCUT2D eigenvalue weighted by Gasteiger charge is 2.40. The number of nitrogens with zero attached hydrogens (tertiary/aromatic N) is 2. The molecule has 31 heavy (non-hydrogen) atoms. The predicted octanol–water partition coefficient (Wildman–Crippen LogP) is 5.00. The van der Waals surface area contributed by atoms with Crippen molar-refractivity contribution >= 4 is 21.8 Å². The van der Waals surface area contributed by atoms with Crippen molar-refractivity contribution in [3.05, 3.63) is 83.5 Å². The van der Waals surface area contributed by atoms with Crippen LogP contribution >= 0.6 is 0 Å². The molecule has 1 aliphatic heterocycles. The van der Waals surface area contributed by atoms with Gasteiger partial charge in [-0.25, -0.2) is 0 Å². The first kappa shape index (κ1) is 19.1. The van der Waals surface area contributed by atoms with E-state index in [-0.39, 0.29) is 5.41 Å². The van der Waals surface area contributed by atoms with Crippen LogP contribution in [-0.4, -0.2) is 27.7 Å². The van der Waals surface area contributed by atoms with E-state index < -0.39 is 6.35 Å². The van der Waals surface area contributed by atoms with Gasteiger partial charge in [0.2, 0.25) is 0 Å². The van der Waals surface area contributed by atoms with Gasteiger partial charge < -0.3 is 9.67 Å². The monoisotopic (exact) mass is 411 g/mol. The zero-order valence-electron chi connectivity index (χ0n) is 17.8. The molecule has 1 atom stereocenters. The van der Waals surface area contributed by atoms with Crippen LogP contribution < -0.4 is 5.73 Å². The molecule has 2 aromatic carbocycles. The zero-order valence-corrected chi connectivity index (χ0v) is 17.8. The number of piperidine rings is 1. The summed E-state index contributed by atoms with van der Waals surface area (Å²) in [6.07, 6.45) is 13.5. The molecule has 1 unspecified atom stereocenters. The van der Waals surface area contributed by atoms with Gasteiger partial charge in [-0.05, 0) is 73.7 Å². The summed E-state index contributed by atoms with van der Waals surface area (Å²) in [4.78, 5) is 2.59. The fraction of sp³-hybridized carbons (Fsp3) is 0.333. The van der Waals surface area contributed by atoms with Crippen LogP contribution in [0.1, 0.15) is 37.6 Å². The van der Waals surface area contributed by atoms with Gasteiger partial charge in [0.05, 0.1) is 11.0 Å². The van der Waals surface area contributed by atoms with E-state index in [9.17, 15) is 5.11 Å². The second-order valence-electron chi connectivity index (χ2n) is 9.27. The SMILES string of the molecule is NC(O)n1c2ccccc2c2cc(CN3CCC4(C=CC5=CCCC=C54)CC3)ccc21. The minimum Gasteiger partial charge on any atom is -0.361 e. The average molecular weight is 412 g/mol. The van der Waals surface area contributed by atoms with E-state index in [4.69, 9.17) is 5.73 Å². The molecule has 0 amide bonds. The summed E-state index contributed by atoms with van der Waals surface area (Å²) in [5, 5.41) is 12.4. The van der Waals surface area contributed by atoms with Crippen LogP contribution in [0.5, 0.6) is 0 Å². The molecule has 1 spiro atoms. The van der Waals surface area contributed by atoms with E-state index >= 15 is 0 Å². The molecule has 6 rings (SSSR count). The van der Waals surface area contributed by atoms with Crippen LogP contribution in [0, 0.1) is 5.41 Å². The second kappa shape index (κ2) is 7.20. The van der Waals surface area contributed by atoms with Crippen molar-refractivity contribution in [3.8, 4) is 0 Å². The molecule has 3 aliphatic rings. The highest BCUT2D eigenvalue weighted by Crippen LogP contribution is 2.49. The summed E-state index contributed by atoms with van der Waals surface area (Å²) in [6.45, 7) is 3.20. The number of benzene rings is 2. The van der Waals surface area contributed by atoms with Gasteiger partial charge in [0.1, 0.15) is 0 Å². The van der Waals surface area contributed by atoms with Gasteiger partial charge >= 0.3 is 0 Å². The Bertz CT molecular complexity index is 1250. The van der Waals surface area contributed by atoms with Crippen LogP contribution in [0.4, 0.5) is 0 Å². The number of para-hydroxylation sites is 1. The lowest BCUT2D eigenvalue weighted by Gasteiger charge is -2.40. The van der Waals surface area contributed by atoms with Crippen LogP contribution in [0.3, 0.4) is 0 Å². The van der Waals surface area contributed by atoms with E-state index in [1.807, 2.05) is 22.8 Å². The Labute approximate surface area is 182 Å². The number of likely N-dealkylation sites (tertiary alicyclic amines) is 1. The van der Waals surface area contributed by atoms with Gasteiger partial charge in [0.15, 0.2) is 6.35 Å². The topological polar surface area (TPSA) is 54.4 Å². The number of rotatable bonds is 3. The van der Waals surface area contributed by atoms with Crippen molar-refractivity contribution < 1.29 is 5.11 Å². The Hall–Kier alpha value is -2.66. The maximum Gasteiger partial charge on any atom is 0.185 e. The summed E-state index contributed by atoms with van der Waals surface area (Å²) in [6, 6.07) is 14.7. The molecule has 1 saturated heterocycles. The minimum absolute atomic E-state index is 0.275. The molecule has 2 heterocycles. The van der Waals surface area contributed by atoms with Crippen LogP contribution in [0.15, 0.2) is 77.9 Å². The molecule has 1 fully saturated rings. The largest absolute Gasteiger partial charge is 0.361 e. The fourth-order valence-electron chi connectivity index (χ4n) is 5.92. The highest BCUT2D eigenvalue weighted by molar-refractivity contribution is 6.08. The van der Waals surface area contributed by atoms with Crippen molar-refractivity contribution in [2.75, 3.05) is 13.1 Å². The minimum atomic E-state index is -1.04. The standard InChI is InChI=1S/C27H29N3O/c28-26(31)30-24-8-4-2-6-21(24)22-17-19(9-10-25(22)30)18-29-15-13-27(14-16-29)12-11-20-5-1-3-7-23(20)27/h2,4-12,17,26,31H,1,3,13-16,18,28H2. The number of aliphatic hydroxyl groups is 1. The number of nitrogens with two attached hydrogens (primary N) is 1. The first-order valence-electron chi connectivity index (χ1n) is 11.4. The molecule has 0 saturated carbocycles. The second-order valence-corrected chi connectivity index (χ2v) is 9.27. The van der Waals surface area contributed by atoms with Gasteiger partial charge in [0.25, 0.3) is 0 Å². The third-order valence-corrected chi connectivity index (χ3v) is 7.50. The number of aromatic nitrogens is 1. The Morgan fingerprint density at radius 2 is 1.74 bits per heavy atom. The first-order valence-corrected chi connectivity index (χ1v) is 11.4. The molecule has 0 radical (unpaired) electrons. The molecule has 0 bridgehead atoms. The van der Waals surface area contributed by atoms with Gasteiger partial charge in [-0.2, -0.15) is 0 Å². The van der Waals surface area contributed by atoms with Crippen molar-refractivity contribution in [2.45, 2.75) is 38.6 Å². The molecule has 3 N–H and O–H groups in total. The summed E-state index contributed by atoms with van der Waals surface area (Å²) >= 11 is 0. The fourth-order valence-corrected chi connectivity index (χ4v) is 5.92. The lowest BCUT2D eigenvalue weighted by atomic mass is 9.72. The lowest BCUT2D eigenvalue weighted by Crippen LogP contribution is -2.39. The number of fused-ring (bicyclic) bond motifs is 5. The molecule has 2 aliphatic carbocycles. The maximum atomic E-state index is 10.1. The Balaban J connectivity index is 1.25. The van der Waals surface area contributed by atoms with Crippen LogP contribution in [0.25, 0.3) is 21.8 Å². The van der Waals surface area contributed by atoms with Crippen molar-refractivity contribution in [1.29, 1.82) is 0 Å². The number of hydrogen-bond acceptors (Lipinski definition) is 3. The van der Waals surface area contributed by atoms with Gasteiger partial charge in [-0.1, -0.05) is 48.6 Å². The molecular formula is C27H29N3O. The highest BCUT2D eigenvalue weighted by atomic mass is 16.3. The van der Waals surface area contributed by atoms with Crippen LogP contribution in [-0.2, 0) is 6.54 Å². The number of hydrogen-bond donors (Lipinski definition) is 2. The Kier molecular flexibility index (Phi) is 4.42. The Morgan fingerprint density at radius 3 is 2.58 bits per heavy atom. The summed E-state index contributed by atoms with van der Waals surface area (Å²) in [5.74, 6) is 0. The van der Waals surface area contributed by atoms with Gasteiger partial charge in [-0.3, -0.25) is 10.6 Å². The summed E-state index contributed by atoms with van der Waals surface area (Å²) in [5.41, 5.74) is 12.5. The smallest absolute Gasteiger partial charge is 0.185 e. The maximum absolute atomic E-state index is 10.1. The van der Waals surface area contributed by atoms with Crippen LogP contribution in [0.2, 0.25) is 0 Å².